The Hall–Kier alpha value is -0.0700. The van der Waals surface area contributed by atoms with Crippen LogP contribution < -0.4 is 4.90 Å². The molecule has 6 heteroatoms. The maximum Gasteiger partial charge on any atom is 0.0426 e. The number of piperidine rings is 1. The summed E-state index contributed by atoms with van der Waals surface area (Å²) in [5.41, 5.74) is 1.27. The lowest BCUT2D eigenvalue weighted by Gasteiger charge is -2.45. The van der Waals surface area contributed by atoms with Crippen molar-refractivity contribution in [2.45, 2.75) is 24.9 Å². The number of halogens is 1. The lowest BCUT2D eigenvalue weighted by atomic mass is 10.0. The Labute approximate surface area is 171 Å². The standard InChI is InChI=1S/C20H30ClN3S2/c21-17-3-1-4-18(13-17)22-7-9-23(10-8-22)19-5-2-6-24(14-19)20-15-25-11-12-26-16-20/h1,3-4,13,19-20H,2,5-12,14-16H2/t19-/m1/s1. The molecule has 3 heterocycles. The molecule has 0 bridgehead atoms. The van der Waals surface area contributed by atoms with Crippen molar-refractivity contribution < 1.29 is 0 Å². The van der Waals surface area contributed by atoms with E-state index in [2.05, 4.69) is 56.4 Å². The van der Waals surface area contributed by atoms with E-state index in [1.807, 2.05) is 6.07 Å². The monoisotopic (exact) mass is 411 g/mol. The number of hydrogen-bond acceptors (Lipinski definition) is 5. The van der Waals surface area contributed by atoms with E-state index in [1.54, 1.807) is 0 Å². The molecular weight excluding hydrogens is 382 g/mol. The Morgan fingerprint density at radius 1 is 0.885 bits per heavy atom. The highest BCUT2D eigenvalue weighted by Gasteiger charge is 2.31. The molecule has 0 N–H and O–H groups in total. The molecule has 1 aromatic rings. The summed E-state index contributed by atoms with van der Waals surface area (Å²) in [7, 11) is 0. The van der Waals surface area contributed by atoms with Crippen LogP contribution in [0.15, 0.2) is 24.3 Å². The van der Waals surface area contributed by atoms with Crippen molar-refractivity contribution in [1.29, 1.82) is 0 Å². The quantitative estimate of drug-likeness (QED) is 0.746. The van der Waals surface area contributed by atoms with Gasteiger partial charge in [-0.1, -0.05) is 17.7 Å². The van der Waals surface area contributed by atoms with Gasteiger partial charge in [-0.25, -0.2) is 0 Å². The van der Waals surface area contributed by atoms with Gasteiger partial charge in [-0.3, -0.25) is 9.80 Å². The van der Waals surface area contributed by atoms with Gasteiger partial charge in [0.15, 0.2) is 0 Å². The summed E-state index contributed by atoms with van der Waals surface area (Å²) in [4.78, 5) is 8.05. The fourth-order valence-electron chi connectivity index (χ4n) is 4.45. The molecule has 3 nitrogen and oxygen atoms in total. The smallest absolute Gasteiger partial charge is 0.0426 e. The number of rotatable bonds is 3. The van der Waals surface area contributed by atoms with Crippen LogP contribution in [0.3, 0.4) is 0 Å². The van der Waals surface area contributed by atoms with Gasteiger partial charge in [0.25, 0.3) is 0 Å². The van der Waals surface area contributed by atoms with Gasteiger partial charge >= 0.3 is 0 Å². The van der Waals surface area contributed by atoms with Crippen molar-refractivity contribution in [1.82, 2.24) is 9.80 Å². The third-order valence-electron chi connectivity index (χ3n) is 5.94. The third-order valence-corrected chi connectivity index (χ3v) is 8.66. The summed E-state index contributed by atoms with van der Waals surface area (Å²) in [6, 6.07) is 9.85. The molecule has 0 aliphatic carbocycles. The van der Waals surface area contributed by atoms with Crippen molar-refractivity contribution in [2.24, 2.45) is 0 Å². The number of anilines is 1. The van der Waals surface area contributed by atoms with Crippen LogP contribution in [0.1, 0.15) is 12.8 Å². The first-order chi connectivity index (χ1) is 12.8. The summed E-state index contributed by atoms with van der Waals surface area (Å²) in [6.07, 6.45) is 2.74. The highest BCUT2D eigenvalue weighted by Crippen LogP contribution is 2.26. The Morgan fingerprint density at radius 2 is 1.65 bits per heavy atom. The highest BCUT2D eigenvalue weighted by atomic mass is 35.5. The second kappa shape index (κ2) is 9.42. The maximum atomic E-state index is 6.17. The van der Waals surface area contributed by atoms with Crippen molar-refractivity contribution in [3.8, 4) is 0 Å². The van der Waals surface area contributed by atoms with Crippen LogP contribution >= 0.6 is 35.1 Å². The van der Waals surface area contributed by atoms with E-state index < -0.39 is 0 Å². The van der Waals surface area contributed by atoms with E-state index in [0.717, 1.165) is 30.2 Å². The van der Waals surface area contributed by atoms with E-state index in [1.165, 1.54) is 67.7 Å². The Kier molecular flexibility index (Phi) is 6.98. The SMILES string of the molecule is Clc1cccc(N2CCN([C@@H]3CCCN(C4CSCCSC4)C3)CC2)c1. The fraction of sp³-hybridized carbons (Fsp3) is 0.700. The third kappa shape index (κ3) is 4.85. The molecule has 0 spiro atoms. The number of thioether (sulfide) groups is 2. The summed E-state index contributed by atoms with van der Waals surface area (Å²) >= 11 is 10.5. The molecule has 0 unspecified atom stereocenters. The molecule has 4 rings (SSSR count). The molecule has 3 saturated heterocycles. The van der Waals surface area contributed by atoms with Crippen LogP contribution in [-0.4, -0.2) is 84.2 Å². The van der Waals surface area contributed by atoms with Gasteiger partial charge in [0, 0.05) is 78.5 Å². The van der Waals surface area contributed by atoms with Crippen LogP contribution in [0.2, 0.25) is 5.02 Å². The van der Waals surface area contributed by atoms with E-state index in [9.17, 15) is 0 Å². The summed E-state index contributed by atoms with van der Waals surface area (Å²) < 4.78 is 0. The minimum atomic E-state index is 0.753. The minimum absolute atomic E-state index is 0.753. The number of hydrogen-bond donors (Lipinski definition) is 0. The fourth-order valence-corrected chi connectivity index (χ4v) is 7.26. The maximum absolute atomic E-state index is 6.17. The molecule has 0 radical (unpaired) electrons. The molecule has 144 valence electrons. The van der Waals surface area contributed by atoms with Gasteiger partial charge < -0.3 is 4.90 Å². The first-order valence-electron chi connectivity index (χ1n) is 9.94. The number of nitrogens with zero attached hydrogens (tertiary/aromatic N) is 3. The zero-order valence-electron chi connectivity index (χ0n) is 15.5. The Morgan fingerprint density at radius 3 is 2.38 bits per heavy atom. The molecular formula is C20H30ClN3S2. The number of likely N-dealkylation sites (tertiary alicyclic amines) is 1. The molecule has 0 saturated carbocycles. The van der Waals surface area contributed by atoms with E-state index in [4.69, 9.17) is 11.6 Å². The molecule has 0 aromatic heterocycles. The lowest BCUT2D eigenvalue weighted by Crippen LogP contribution is -2.57. The predicted octanol–water partition coefficient (Wildman–Crippen LogP) is 3.78. The molecule has 3 aliphatic rings. The molecule has 1 aromatic carbocycles. The average Bonchev–Trinajstić information content (AvgIpc) is 2.98. The normalized spacial score (nSPS) is 27.4. The van der Waals surface area contributed by atoms with Crippen LogP contribution in [0.5, 0.6) is 0 Å². The Balaban J connectivity index is 1.31. The highest BCUT2D eigenvalue weighted by molar-refractivity contribution is 8.03. The lowest BCUT2D eigenvalue weighted by molar-refractivity contribution is 0.0783. The van der Waals surface area contributed by atoms with Crippen molar-refractivity contribution in [3.05, 3.63) is 29.3 Å². The Bertz CT molecular complexity index is 572. The first kappa shape index (κ1) is 19.3. The summed E-state index contributed by atoms with van der Waals surface area (Å²) in [6.45, 7) is 7.18. The number of piperazine rings is 1. The summed E-state index contributed by atoms with van der Waals surface area (Å²) in [5.74, 6) is 5.35. The molecule has 26 heavy (non-hydrogen) atoms. The largest absolute Gasteiger partial charge is 0.369 e. The van der Waals surface area contributed by atoms with Crippen LogP contribution in [0.4, 0.5) is 5.69 Å². The average molecular weight is 412 g/mol. The topological polar surface area (TPSA) is 9.72 Å². The zero-order chi connectivity index (χ0) is 17.8. The van der Waals surface area contributed by atoms with Gasteiger partial charge in [0.05, 0.1) is 0 Å². The van der Waals surface area contributed by atoms with Gasteiger partial charge in [-0.2, -0.15) is 23.5 Å². The van der Waals surface area contributed by atoms with E-state index in [0.29, 0.717) is 0 Å². The van der Waals surface area contributed by atoms with Gasteiger partial charge in [0.1, 0.15) is 0 Å². The van der Waals surface area contributed by atoms with Crippen LogP contribution in [-0.2, 0) is 0 Å². The van der Waals surface area contributed by atoms with Gasteiger partial charge in [-0.05, 0) is 37.6 Å². The van der Waals surface area contributed by atoms with E-state index >= 15 is 0 Å². The van der Waals surface area contributed by atoms with Crippen molar-refractivity contribution in [3.63, 3.8) is 0 Å². The second-order valence-electron chi connectivity index (χ2n) is 7.60. The molecule has 1 atom stereocenters. The van der Waals surface area contributed by atoms with Crippen LogP contribution in [0.25, 0.3) is 0 Å². The van der Waals surface area contributed by atoms with Crippen molar-refractivity contribution >= 4 is 40.8 Å². The van der Waals surface area contributed by atoms with Gasteiger partial charge in [-0.15, -0.1) is 0 Å². The summed E-state index contributed by atoms with van der Waals surface area (Å²) in [5, 5.41) is 0.840. The predicted molar refractivity (Wildman–Crippen MR) is 118 cm³/mol. The van der Waals surface area contributed by atoms with Gasteiger partial charge in [0.2, 0.25) is 0 Å². The van der Waals surface area contributed by atoms with Crippen molar-refractivity contribution in [2.75, 3.05) is 67.2 Å². The molecule has 0 amide bonds. The number of benzene rings is 1. The van der Waals surface area contributed by atoms with Crippen LogP contribution in [0, 0.1) is 0 Å². The van der Waals surface area contributed by atoms with E-state index in [-0.39, 0.29) is 0 Å². The molecule has 3 fully saturated rings. The molecule has 3 aliphatic heterocycles. The zero-order valence-corrected chi connectivity index (χ0v) is 17.9. The first-order valence-corrected chi connectivity index (χ1v) is 12.6. The second-order valence-corrected chi connectivity index (χ2v) is 10.3. The minimum Gasteiger partial charge on any atom is -0.369 e.